The Morgan fingerprint density at radius 2 is 1.89 bits per heavy atom. The molecule has 0 aromatic heterocycles. The minimum Gasteiger partial charge on any atom is -0.367 e. The van der Waals surface area contributed by atoms with Crippen molar-refractivity contribution in [2.24, 2.45) is 11.1 Å². The van der Waals surface area contributed by atoms with Crippen LogP contribution in [0.3, 0.4) is 0 Å². The summed E-state index contributed by atoms with van der Waals surface area (Å²) < 4.78 is 0. The molecule has 1 aromatic rings. The summed E-state index contributed by atoms with van der Waals surface area (Å²) in [5.74, 6) is 0. The molecule has 0 aliphatic carbocycles. The lowest BCUT2D eigenvalue weighted by Gasteiger charge is -2.34. The van der Waals surface area contributed by atoms with Crippen molar-refractivity contribution in [3.63, 3.8) is 0 Å². The van der Waals surface area contributed by atoms with Gasteiger partial charge in [0.2, 0.25) is 0 Å². The second-order valence-corrected chi connectivity index (χ2v) is 6.52. The van der Waals surface area contributed by atoms with Gasteiger partial charge in [-0.15, -0.1) is 0 Å². The van der Waals surface area contributed by atoms with Crippen LogP contribution in [-0.2, 0) is 0 Å². The van der Waals surface area contributed by atoms with E-state index < -0.39 is 0 Å². The largest absolute Gasteiger partial charge is 0.367 e. The molecule has 0 saturated heterocycles. The van der Waals surface area contributed by atoms with E-state index in [1.807, 2.05) is 0 Å². The Morgan fingerprint density at radius 1 is 1.21 bits per heavy atom. The summed E-state index contributed by atoms with van der Waals surface area (Å²) in [6.45, 7) is 11.0. The van der Waals surface area contributed by atoms with E-state index in [1.54, 1.807) is 5.57 Å². The van der Waals surface area contributed by atoms with Gasteiger partial charge in [-0.2, -0.15) is 0 Å². The lowest BCUT2D eigenvalue weighted by atomic mass is 9.83. The van der Waals surface area contributed by atoms with Crippen LogP contribution in [0.4, 0.5) is 5.69 Å². The average molecular weight is 258 g/mol. The standard InChI is InChI=1S/C17H26N2/c1-13(18)15-7-5-6-8-16(15)19-11-9-14(10-12-19)17(2,3)4/h5-9,13H,10-12,18H2,1-4H3/t13-/m0/s1. The van der Waals surface area contributed by atoms with Gasteiger partial charge in [0.1, 0.15) is 0 Å². The minimum atomic E-state index is 0.0872. The molecule has 0 saturated carbocycles. The number of hydrogen-bond donors (Lipinski definition) is 1. The smallest absolute Gasteiger partial charge is 0.0417 e. The zero-order valence-electron chi connectivity index (χ0n) is 12.6. The molecule has 0 radical (unpaired) electrons. The lowest BCUT2D eigenvalue weighted by molar-refractivity contribution is 0.472. The Hall–Kier alpha value is -1.28. The van der Waals surface area contributed by atoms with E-state index in [1.165, 1.54) is 11.3 Å². The van der Waals surface area contributed by atoms with E-state index >= 15 is 0 Å². The van der Waals surface area contributed by atoms with E-state index in [0.717, 1.165) is 19.5 Å². The van der Waals surface area contributed by atoms with E-state index in [-0.39, 0.29) is 6.04 Å². The van der Waals surface area contributed by atoms with Crippen LogP contribution in [0.1, 0.15) is 45.7 Å². The van der Waals surface area contributed by atoms with Crippen LogP contribution in [0.25, 0.3) is 0 Å². The van der Waals surface area contributed by atoms with Crippen LogP contribution in [0.15, 0.2) is 35.9 Å². The summed E-state index contributed by atoms with van der Waals surface area (Å²) in [5.41, 5.74) is 10.5. The van der Waals surface area contributed by atoms with Crippen LogP contribution < -0.4 is 10.6 Å². The number of hydrogen-bond acceptors (Lipinski definition) is 2. The van der Waals surface area contributed by atoms with Gasteiger partial charge in [-0.25, -0.2) is 0 Å². The third-order valence-electron chi connectivity index (χ3n) is 3.94. The van der Waals surface area contributed by atoms with Crippen LogP contribution in [0.2, 0.25) is 0 Å². The van der Waals surface area contributed by atoms with Crippen molar-refractivity contribution in [1.82, 2.24) is 0 Å². The van der Waals surface area contributed by atoms with Crippen LogP contribution in [-0.4, -0.2) is 13.1 Å². The molecular weight excluding hydrogens is 232 g/mol. The predicted molar refractivity (Wildman–Crippen MR) is 83.4 cm³/mol. The van der Waals surface area contributed by atoms with Crippen molar-refractivity contribution in [3.8, 4) is 0 Å². The van der Waals surface area contributed by atoms with E-state index in [0.29, 0.717) is 5.41 Å². The zero-order chi connectivity index (χ0) is 14.0. The van der Waals surface area contributed by atoms with Crippen molar-refractivity contribution < 1.29 is 0 Å². The molecule has 0 unspecified atom stereocenters. The fraction of sp³-hybridized carbons (Fsp3) is 0.529. The van der Waals surface area contributed by atoms with Gasteiger partial charge in [-0.1, -0.05) is 50.6 Å². The minimum absolute atomic E-state index is 0.0872. The Kier molecular flexibility index (Phi) is 4.00. The van der Waals surface area contributed by atoms with Gasteiger partial charge in [0, 0.05) is 24.8 Å². The number of nitrogens with two attached hydrogens (primary N) is 1. The summed E-state index contributed by atoms with van der Waals surface area (Å²) >= 11 is 0. The van der Waals surface area contributed by atoms with Crippen LogP contribution >= 0.6 is 0 Å². The molecule has 0 bridgehead atoms. The molecule has 1 aliphatic heterocycles. The van der Waals surface area contributed by atoms with Gasteiger partial charge in [-0.05, 0) is 30.4 Å². The topological polar surface area (TPSA) is 29.3 Å². The number of para-hydroxylation sites is 1. The highest BCUT2D eigenvalue weighted by Crippen LogP contribution is 2.33. The number of benzene rings is 1. The molecule has 2 heteroatoms. The van der Waals surface area contributed by atoms with Crippen molar-refractivity contribution in [2.75, 3.05) is 18.0 Å². The normalized spacial score (nSPS) is 18.2. The molecule has 0 amide bonds. The quantitative estimate of drug-likeness (QED) is 0.815. The monoisotopic (exact) mass is 258 g/mol. The molecule has 2 N–H and O–H groups in total. The molecule has 1 atom stereocenters. The highest BCUT2D eigenvalue weighted by atomic mass is 15.1. The van der Waals surface area contributed by atoms with Gasteiger partial charge in [0.05, 0.1) is 0 Å². The SMILES string of the molecule is C[C@H](N)c1ccccc1N1CC=C(C(C)(C)C)CC1. The maximum atomic E-state index is 6.08. The molecule has 1 aromatic carbocycles. The van der Waals surface area contributed by atoms with Gasteiger partial charge in [0.15, 0.2) is 0 Å². The van der Waals surface area contributed by atoms with Crippen molar-refractivity contribution in [2.45, 2.75) is 40.2 Å². The molecule has 104 valence electrons. The summed E-state index contributed by atoms with van der Waals surface area (Å²) in [4.78, 5) is 2.44. The van der Waals surface area contributed by atoms with E-state index in [4.69, 9.17) is 5.73 Å². The maximum absolute atomic E-state index is 6.08. The Bertz CT molecular complexity index is 466. The summed E-state index contributed by atoms with van der Waals surface area (Å²) in [6, 6.07) is 8.59. The molecule has 19 heavy (non-hydrogen) atoms. The molecular formula is C17H26N2. The average Bonchev–Trinajstić information content (AvgIpc) is 2.38. The Balaban J connectivity index is 2.21. The molecule has 1 heterocycles. The first kappa shape index (κ1) is 14.1. The second kappa shape index (κ2) is 5.38. The molecule has 2 nitrogen and oxygen atoms in total. The number of nitrogens with zero attached hydrogens (tertiary/aromatic N) is 1. The van der Waals surface area contributed by atoms with Gasteiger partial charge in [0.25, 0.3) is 0 Å². The highest BCUT2D eigenvalue weighted by molar-refractivity contribution is 5.56. The van der Waals surface area contributed by atoms with Gasteiger partial charge >= 0.3 is 0 Å². The Morgan fingerprint density at radius 3 is 2.42 bits per heavy atom. The van der Waals surface area contributed by atoms with Crippen molar-refractivity contribution in [3.05, 3.63) is 41.5 Å². The molecule has 0 fully saturated rings. The van der Waals surface area contributed by atoms with E-state index in [9.17, 15) is 0 Å². The molecule has 2 rings (SSSR count). The first-order valence-electron chi connectivity index (χ1n) is 7.18. The van der Waals surface area contributed by atoms with Crippen LogP contribution in [0, 0.1) is 5.41 Å². The zero-order valence-corrected chi connectivity index (χ0v) is 12.6. The number of anilines is 1. The van der Waals surface area contributed by atoms with Crippen LogP contribution in [0.5, 0.6) is 0 Å². The first-order chi connectivity index (χ1) is 8.89. The van der Waals surface area contributed by atoms with Crippen molar-refractivity contribution >= 4 is 5.69 Å². The molecule has 0 spiro atoms. The van der Waals surface area contributed by atoms with E-state index in [2.05, 4.69) is 62.9 Å². The fourth-order valence-electron chi connectivity index (χ4n) is 2.73. The summed E-state index contributed by atoms with van der Waals surface area (Å²) in [5, 5.41) is 0. The maximum Gasteiger partial charge on any atom is 0.0417 e. The highest BCUT2D eigenvalue weighted by Gasteiger charge is 2.22. The molecule has 1 aliphatic rings. The summed E-state index contributed by atoms with van der Waals surface area (Å²) in [7, 11) is 0. The van der Waals surface area contributed by atoms with Gasteiger partial charge < -0.3 is 10.6 Å². The van der Waals surface area contributed by atoms with Crippen molar-refractivity contribution in [1.29, 1.82) is 0 Å². The predicted octanol–water partition coefficient (Wildman–Crippen LogP) is 3.89. The number of rotatable bonds is 2. The lowest BCUT2D eigenvalue weighted by Crippen LogP contribution is -2.32. The second-order valence-electron chi connectivity index (χ2n) is 6.52. The summed E-state index contributed by atoms with van der Waals surface area (Å²) in [6.07, 6.45) is 3.54. The first-order valence-corrected chi connectivity index (χ1v) is 7.18. The third-order valence-corrected chi connectivity index (χ3v) is 3.94. The third kappa shape index (κ3) is 3.19. The van der Waals surface area contributed by atoms with Gasteiger partial charge in [-0.3, -0.25) is 0 Å². The fourth-order valence-corrected chi connectivity index (χ4v) is 2.73. The Labute approximate surface area is 117 Å².